The van der Waals surface area contributed by atoms with Crippen LogP contribution in [0, 0.1) is 29.5 Å². The second kappa shape index (κ2) is 21.7. The predicted octanol–water partition coefficient (Wildman–Crippen LogP) is 8.13. The molecule has 2 atom stereocenters. The van der Waals surface area contributed by atoms with Crippen LogP contribution in [0.15, 0.2) is 84.5 Å². The summed E-state index contributed by atoms with van der Waals surface area (Å²) in [6.45, 7) is 15.4. The van der Waals surface area contributed by atoms with Gasteiger partial charge in [-0.25, -0.2) is 9.37 Å². The molecule has 388 valence electrons. The number of anilines is 2. The minimum absolute atomic E-state index is 0.152. The summed E-state index contributed by atoms with van der Waals surface area (Å²) < 4.78 is 56.9. The average Bonchev–Trinajstić information content (AvgIpc) is 4.08. The first-order valence-corrected chi connectivity index (χ1v) is 25.7. The number of aryl methyl sites for hydroxylation is 1. The molecule has 2 aromatic heterocycles. The zero-order valence-electron chi connectivity index (χ0n) is 42.1. The molecule has 2 unspecified atom stereocenters. The Labute approximate surface area is 437 Å². The molecule has 3 fully saturated rings. The van der Waals surface area contributed by atoms with Crippen LogP contribution in [0.1, 0.15) is 75.4 Å². The van der Waals surface area contributed by atoms with Crippen LogP contribution in [-0.2, 0) is 38.3 Å². The number of carbonyl (C=O) groups excluding carboxylic acids is 4. The molecule has 0 radical (unpaired) electrons. The lowest BCUT2D eigenvalue weighted by Gasteiger charge is -2.37. The summed E-state index contributed by atoms with van der Waals surface area (Å²) in [6.07, 6.45) is -1.66. The Balaban J connectivity index is 0.797. The quantitative estimate of drug-likeness (QED) is 0.0818. The molecule has 3 aromatic carbocycles. The lowest BCUT2D eigenvalue weighted by Crippen LogP contribution is -2.59. The molecule has 5 aromatic rings. The maximum absolute atomic E-state index is 15.5. The maximum atomic E-state index is 15.5. The third-order valence-electron chi connectivity index (χ3n) is 13.9. The number of rotatable bonds is 14. The summed E-state index contributed by atoms with van der Waals surface area (Å²) >= 11 is 7.16. The van der Waals surface area contributed by atoms with Crippen molar-refractivity contribution in [2.24, 2.45) is 5.41 Å². The molecule has 2 N–H and O–H groups in total. The largest absolute Gasteiger partial charge is 0.420 e. The topological polar surface area (TPSA) is 158 Å². The molecular weight excluding hydrogens is 993 g/mol. The Morgan fingerprint density at radius 3 is 2.18 bits per heavy atom. The number of thiazole rings is 1. The van der Waals surface area contributed by atoms with Crippen LogP contribution in [0.5, 0.6) is 0 Å². The molecule has 20 heteroatoms. The zero-order valence-corrected chi connectivity index (χ0v) is 43.7. The Morgan fingerprint density at radius 2 is 1.57 bits per heavy atom. The number of nitriles is 1. The van der Waals surface area contributed by atoms with E-state index in [1.807, 2.05) is 81.7 Å². The number of thiocarbonyl (C=S) groups is 1. The van der Waals surface area contributed by atoms with Crippen molar-refractivity contribution < 1.29 is 36.7 Å². The molecule has 14 nitrogen and oxygen atoms in total. The van der Waals surface area contributed by atoms with Crippen molar-refractivity contribution in [3.63, 3.8) is 0 Å². The van der Waals surface area contributed by atoms with Crippen LogP contribution in [0.25, 0.3) is 21.7 Å². The van der Waals surface area contributed by atoms with Crippen LogP contribution in [-0.4, -0.2) is 117 Å². The van der Waals surface area contributed by atoms with Gasteiger partial charge in [0.2, 0.25) is 17.7 Å². The van der Waals surface area contributed by atoms with Gasteiger partial charge in [0.05, 0.1) is 57.5 Å². The standard InChI is InChI=1S/C54H58F4N10O4S2/c1-33-46(74-32-62-33)37-15-11-35(12-16-37)29-61-48(70)42-8-7-22-66(42)49(71)47(52(2,3)4)63-43(69)31-65-26-24-64(25-27-65)23-21-34-9-13-36(14-10-34)40-19-18-39(30-60-40)68-51(73)67(50(72)53(68,5)6)41-20-17-38(28-59)44(45(41)55)54(56,57)58/h9-20,30,32,42,47H,7-8,21-27,29,31H2,1-6H3,(H,61,70)(H,63,69). The van der Waals surface area contributed by atoms with Crippen molar-refractivity contribution in [2.75, 3.05) is 55.6 Å². The van der Waals surface area contributed by atoms with Gasteiger partial charge in [-0.3, -0.25) is 34.0 Å². The van der Waals surface area contributed by atoms with Crippen LogP contribution >= 0.6 is 23.6 Å². The summed E-state index contributed by atoms with van der Waals surface area (Å²) in [4.78, 5) is 73.1. The van der Waals surface area contributed by atoms with Gasteiger partial charge in [0.25, 0.3) is 5.91 Å². The van der Waals surface area contributed by atoms with Gasteiger partial charge in [0.1, 0.15) is 23.2 Å². The van der Waals surface area contributed by atoms with Crippen molar-refractivity contribution in [3.8, 4) is 27.8 Å². The molecule has 0 saturated carbocycles. The first-order chi connectivity index (χ1) is 35.1. The monoisotopic (exact) mass is 1050 g/mol. The van der Waals surface area contributed by atoms with Crippen molar-refractivity contribution in [1.82, 2.24) is 35.3 Å². The highest BCUT2D eigenvalue weighted by molar-refractivity contribution is 7.81. The Hall–Kier alpha value is -6.66. The normalized spacial score (nSPS) is 17.9. The fraction of sp³-hybridized carbons (Fsp3) is 0.407. The number of hydrogen-bond acceptors (Lipinski definition) is 11. The third-order valence-corrected chi connectivity index (χ3v) is 15.3. The van der Waals surface area contributed by atoms with E-state index in [1.165, 1.54) is 31.0 Å². The van der Waals surface area contributed by atoms with Crippen LogP contribution in [0.3, 0.4) is 0 Å². The lowest BCUT2D eigenvalue weighted by molar-refractivity contribution is -0.144. The molecule has 0 aliphatic carbocycles. The molecule has 0 spiro atoms. The molecule has 4 amide bonds. The maximum Gasteiger partial charge on any atom is 0.420 e. The van der Waals surface area contributed by atoms with Crippen molar-refractivity contribution in [2.45, 2.75) is 91.1 Å². The van der Waals surface area contributed by atoms with Gasteiger partial charge in [-0.2, -0.15) is 18.4 Å². The molecular formula is C54H58F4N10O4S2. The zero-order chi connectivity index (χ0) is 53.3. The molecule has 3 aliphatic heterocycles. The number of aromatic nitrogens is 2. The van der Waals surface area contributed by atoms with Crippen molar-refractivity contribution in [3.05, 3.63) is 118 Å². The number of alkyl halides is 3. The highest BCUT2D eigenvalue weighted by atomic mass is 32.1. The summed E-state index contributed by atoms with van der Waals surface area (Å²) in [7, 11) is 0. The molecule has 3 aliphatic rings. The van der Waals surface area contributed by atoms with Gasteiger partial charge in [0.15, 0.2) is 10.9 Å². The lowest BCUT2D eigenvalue weighted by atomic mass is 9.85. The number of nitrogens with zero attached hydrogens (tertiary/aromatic N) is 8. The van der Waals surface area contributed by atoms with E-state index in [2.05, 4.69) is 30.4 Å². The number of piperazine rings is 1. The molecule has 74 heavy (non-hydrogen) atoms. The summed E-state index contributed by atoms with van der Waals surface area (Å²) in [5, 5.41) is 15.0. The number of halogens is 4. The molecule has 8 rings (SSSR count). The van der Waals surface area contributed by atoms with E-state index in [0.29, 0.717) is 50.4 Å². The fourth-order valence-electron chi connectivity index (χ4n) is 9.73. The van der Waals surface area contributed by atoms with E-state index in [0.717, 1.165) is 75.9 Å². The van der Waals surface area contributed by atoms with E-state index in [9.17, 15) is 37.6 Å². The van der Waals surface area contributed by atoms with E-state index >= 15 is 4.39 Å². The second-order valence-electron chi connectivity index (χ2n) is 20.5. The number of carbonyl (C=O) groups is 4. The minimum Gasteiger partial charge on any atom is -0.350 e. The third kappa shape index (κ3) is 11.4. The number of amides is 4. The highest BCUT2D eigenvalue weighted by Crippen LogP contribution is 2.42. The Morgan fingerprint density at radius 1 is 0.905 bits per heavy atom. The summed E-state index contributed by atoms with van der Waals surface area (Å²) in [6, 6.07) is 21.1. The Kier molecular flexibility index (Phi) is 15.7. The predicted molar refractivity (Wildman–Crippen MR) is 279 cm³/mol. The van der Waals surface area contributed by atoms with Crippen molar-refractivity contribution in [1.29, 1.82) is 5.26 Å². The van der Waals surface area contributed by atoms with Crippen LogP contribution in [0.4, 0.5) is 28.9 Å². The average molecular weight is 1050 g/mol. The number of benzene rings is 3. The Bertz CT molecular complexity index is 2960. The van der Waals surface area contributed by atoms with Gasteiger partial charge >= 0.3 is 6.18 Å². The number of pyridine rings is 1. The van der Waals surface area contributed by atoms with E-state index < -0.39 is 57.8 Å². The first kappa shape index (κ1) is 53.6. The van der Waals surface area contributed by atoms with Crippen LogP contribution in [0.2, 0.25) is 0 Å². The van der Waals surface area contributed by atoms with Gasteiger partial charge in [-0.05, 0) is 98.6 Å². The smallest absolute Gasteiger partial charge is 0.350 e. The molecule has 3 saturated heterocycles. The van der Waals surface area contributed by atoms with Gasteiger partial charge < -0.3 is 25.3 Å². The summed E-state index contributed by atoms with van der Waals surface area (Å²) in [5.74, 6) is -3.21. The van der Waals surface area contributed by atoms with Crippen LogP contribution < -0.4 is 20.4 Å². The highest BCUT2D eigenvalue weighted by Gasteiger charge is 2.52. The summed E-state index contributed by atoms with van der Waals surface area (Å²) in [5.41, 5.74) is 2.36. The molecule has 5 heterocycles. The molecule has 0 bridgehead atoms. The number of likely N-dealkylation sites (tertiary alicyclic amines) is 1. The second-order valence-corrected chi connectivity index (χ2v) is 21.7. The first-order valence-electron chi connectivity index (χ1n) is 24.4. The number of nitrogens with one attached hydrogen (secondary N) is 2. The van der Waals surface area contributed by atoms with E-state index in [4.69, 9.17) is 12.2 Å². The van der Waals surface area contributed by atoms with E-state index in [-0.39, 0.29) is 29.4 Å². The van der Waals surface area contributed by atoms with Gasteiger partial charge in [-0.15, -0.1) is 11.3 Å². The minimum atomic E-state index is -5.19. The van der Waals surface area contributed by atoms with Crippen molar-refractivity contribution >= 4 is 63.7 Å². The SMILES string of the molecule is Cc1ncsc1-c1ccc(CNC(=O)C2CCCN2C(=O)C(NC(=O)CN2CCN(CCc3ccc(-c4ccc(N5C(=S)N(c6ccc(C#N)c(C(F)(F)F)c6F)C(=O)C5(C)C)cn4)cc3)CC2)C(C)(C)C)cc1. The fourth-order valence-corrected chi connectivity index (χ4v) is 11.1. The van der Waals surface area contributed by atoms with E-state index in [1.54, 1.807) is 28.4 Å². The van der Waals surface area contributed by atoms with Gasteiger partial charge in [0, 0.05) is 51.4 Å². The number of hydrogen-bond donors (Lipinski definition) is 2. The van der Waals surface area contributed by atoms with Gasteiger partial charge in [-0.1, -0.05) is 69.3 Å².